The largest absolute Gasteiger partial charge is 0.415 e. The number of hydrogen-bond donors (Lipinski definition) is 1. The second-order valence-corrected chi connectivity index (χ2v) is 13.7. The quantitative estimate of drug-likeness (QED) is 0.186. The first kappa shape index (κ1) is 35.6. The van der Waals surface area contributed by atoms with Gasteiger partial charge in [0.2, 0.25) is 20.0 Å². The summed E-state index contributed by atoms with van der Waals surface area (Å²) in [5.74, 6) is -0.694. The van der Waals surface area contributed by atoms with Crippen LogP contribution in [0.25, 0.3) is 11.5 Å². The molecule has 252 valence electrons. The number of carbonyl (C=O) groups is 1. The molecule has 0 aliphatic carbocycles. The van der Waals surface area contributed by atoms with E-state index in [4.69, 9.17) is 10.2 Å². The van der Waals surface area contributed by atoms with E-state index in [2.05, 4.69) is 30.1 Å². The topological polar surface area (TPSA) is 208 Å². The summed E-state index contributed by atoms with van der Waals surface area (Å²) in [6.45, 7) is -0.225. The van der Waals surface area contributed by atoms with Crippen LogP contribution < -0.4 is 14.3 Å². The highest BCUT2D eigenvalue weighted by atomic mass is 32.2. The molecule has 0 bridgehead atoms. The molecule has 2 aromatic carbocycles. The Hall–Kier alpha value is -5.27. The third-order valence-electron chi connectivity index (χ3n) is 6.25. The molecule has 0 fully saturated rings. The Balaban J connectivity index is 0.000000220. The summed E-state index contributed by atoms with van der Waals surface area (Å²) in [5, 5.41) is 6.73. The SMILES string of the molecule is CS(=O)(=O)N(Cc1ncc(-c2nnc(C(F)F)o2)cn1)c1ccccc1.CS(=O)(=O)N(Cc1ncc(C(=O)CN)cn1)c1ccccc1. The molecule has 2 N–H and O–H groups in total. The van der Waals surface area contributed by atoms with E-state index in [0.29, 0.717) is 22.8 Å². The molecule has 3 heterocycles. The van der Waals surface area contributed by atoms with Crippen LogP contribution in [0.5, 0.6) is 0 Å². The van der Waals surface area contributed by atoms with E-state index in [1.54, 1.807) is 60.7 Å². The average Bonchev–Trinajstić information content (AvgIpc) is 3.57. The zero-order chi connectivity index (χ0) is 34.9. The Labute approximate surface area is 274 Å². The van der Waals surface area contributed by atoms with Gasteiger partial charge >= 0.3 is 6.43 Å². The van der Waals surface area contributed by atoms with Crippen LogP contribution in [0.3, 0.4) is 0 Å². The zero-order valence-corrected chi connectivity index (χ0v) is 27.1. The number of nitrogens with zero attached hydrogens (tertiary/aromatic N) is 8. The number of anilines is 2. The second kappa shape index (κ2) is 15.5. The number of sulfonamides is 2. The molecular weight excluding hydrogens is 673 g/mol. The molecule has 5 rings (SSSR count). The van der Waals surface area contributed by atoms with Gasteiger partial charge in [0.05, 0.1) is 54.6 Å². The molecule has 0 radical (unpaired) electrons. The molecular formula is C29H29F2N9O6S2. The smallest absolute Gasteiger partial charge is 0.314 e. The predicted molar refractivity (Wildman–Crippen MR) is 171 cm³/mol. The fourth-order valence-corrected chi connectivity index (χ4v) is 5.64. The number of nitrogens with two attached hydrogens (primary N) is 1. The maximum atomic E-state index is 12.5. The van der Waals surface area contributed by atoms with E-state index in [1.807, 2.05) is 0 Å². The molecule has 15 nitrogen and oxygen atoms in total. The van der Waals surface area contributed by atoms with Gasteiger partial charge in [-0.05, 0) is 24.3 Å². The van der Waals surface area contributed by atoms with Crippen LogP contribution in [-0.4, -0.2) is 71.8 Å². The first-order valence-electron chi connectivity index (χ1n) is 13.8. The van der Waals surface area contributed by atoms with Gasteiger partial charge < -0.3 is 10.2 Å². The normalized spacial score (nSPS) is 11.5. The molecule has 48 heavy (non-hydrogen) atoms. The van der Waals surface area contributed by atoms with Crippen molar-refractivity contribution in [1.82, 2.24) is 30.1 Å². The van der Waals surface area contributed by atoms with E-state index in [1.165, 1.54) is 29.1 Å². The highest BCUT2D eigenvalue weighted by Crippen LogP contribution is 2.23. The molecule has 0 atom stereocenters. The molecule has 0 aliphatic heterocycles. The molecule has 0 amide bonds. The molecule has 19 heteroatoms. The number of hydrogen-bond acceptors (Lipinski definition) is 13. The highest BCUT2D eigenvalue weighted by molar-refractivity contribution is 7.92. The molecule has 0 saturated carbocycles. The molecule has 0 spiro atoms. The first-order valence-corrected chi connectivity index (χ1v) is 17.5. The van der Waals surface area contributed by atoms with Crippen LogP contribution in [0.1, 0.15) is 34.3 Å². The average molecular weight is 702 g/mol. The minimum atomic E-state index is -3.56. The van der Waals surface area contributed by atoms with Gasteiger partial charge in [-0.3, -0.25) is 13.4 Å². The van der Waals surface area contributed by atoms with E-state index in [0.717, 1.165) is 16.8 Å². The van der Waals surface area contributed by atoms with Crippen LogP contribution >= 0.6 is 0 Å². The van der Waals surface area contributed by atoms with Crippen molar-refractivity contribution in [2.24, 2.45) is 5.73 Å². The van der Waals surface area contributed by atoms with Crippen molar-refractivity contribution >= 4 is 37.2 Å². The van der Waals surface area contributed by atoms with Crippen molar-refractivity contribution < 1.29 is 34.8 Å². The Morgan fingerprint density at radius 3 is 1.56 bits per heavy atom. The van der Waals surface area contributed by atoms with E-state index >= 15 is 0 Å². The van der Waals surface area contributed by atoms with Crippen LogP contribution in [0.15, 0.2) is 89.9 Å². The summed E-state index contributed by atoms with van der Waals surface area (Å²) in [6, 6.07) is 17.2. The number of benzene rings is 2. The predicted octanol–water partition coefficient (Wildman–Crippen LogP) is 3.01. The minimum absolute atomic E-state index is 0.0139. The summed E-state index contributed by atoms with van der Waals surface area (Å²) in [6.07, 6.45) is 4.63. The van der Waals surface area contributed by atoms with Crippen molar-refractivity contribution in [3.63, 3.8) is 0 Å². The summed E-state index contributed by atoms with van der Waals surface area (Å²) in [5.41, 5.74) is 6.81. The monoisotopic (exact) mass is 701 g/mol. The Morgan fingerprint density at radius 1 is 0.750 bits per heavy atom. The lowest BCUT2D eigenvalue weighted by molar-refractivity contribution is 0.100. The third-order valence-corrected chi connectivity index (χ3v) is 8.53. The highest BCUT2D eigenvalue weighted by Gasteiger charge is 2.21. The zero-order valence-electron chi connectivity index (χ0n) is 25.5. The van der Waals surface area contributed by atoms with Gasteiger partial charge in [0.1, 0.15) is 11.6 Å². The van der Waals surface area contributed by atoms with E-state index < -0.39 is 32.4 Å². The molecule has 3 aromatic heterocycles. The Bertz CT molecular complexity index is 2020. The number of aromatic nitrogens is 6. The fraction of sp³-hybridized carbons (Fsp3) is 0.207. The summed E-state index contributed by atoms with van der Waals surface area (Å²) in [4.78, 5) is 27.6. The standard InChI is InChI=1S/C15H13F2N5O3S.C14H16N4O3S/c1-26(23,24)22(11-5-3-2-4-6-11)9-12-18-7-10(8-19-12)14-20-21-15(25-14)13(16)17;1-22(20,21)18(12-5-3-2-4-6-12)10-14-16-8-11(9-17-14)13(19)7-15/h2-8,13H,9H2,1H3;2-6,8-9H,7,10,15H2,1H3. The van der Waals surface area contributed by atoms with Gasteiger partial charge in [0.15, 0.2) is 5.78 Å². The van der Waals surface area contributed by atoms with E-state index in [-0.39, 0.29) is 42.7 Å². The Morgan fingerprint density at radius 2 is 1.19 bits per heavy atom. The minimum Gasteiger partial charge on any atom is -0.415 e. The van der Waals surface area contributed by atoms with Crippen LogP contribution in [0, 0.1) is 0 Å². The molecule has 0 saturated heterocycles. The van der Waals surface area contributed by atoms with Crippen LogP contribution in [0.4, 0.5) is 20.2 Å². The summed E-state index contributed by atoms with van der Waals surface area (Å²) in [7, 11) is -7.04. The van der Waals surface area contributed by atoms with Gasteiger partial charge in [-0.1, -0.05) is 36.4 Å². The van der Waals surface area contributed by atoms with Crippen molar-refractivity contribution in [2.45, 2.75) is 19.5 Å². The second-order valence-electron chi connectivity index (χ2n) is 9.86. The number of rotatable bonds is 12. The number of alkyl halides is 2. The van der Waals surface area contributed by atoms with Crippen LogP contribution in [0.2, 0.25) is 0 Å². The molecule has 5 aromatic rings. The lowest BCUT2D eigenvalue weighted by Crippen LogP contribution is -2.30. The van der Waals surface area contributed by atoms with Gasteiger partial charge in [-0.15, -0.1) is 10.2 Å². The first-order chi connectivity index (χ1) is 22.8. The summed E-state index contributed by atoms with van der Waals surface area (Å²) >= 11 is 0. The lowest BCUT2D eigenvalue weighted by Gasteiger charge is -2.21. The number of carbonyl (C=O) groups excluding carboxylic acids is 1. The van der Waals surface area contributed by atoms with Gasteiger partial charge in [0.25, 0.3) is 11.8 Å². The maximum Gasteiger partial charge on any atom is 0.314 e. The molecule has 0 unspecified atom stereocenters. The molecule has 0 aliphatic rings. The van der Waals surface area contributed by atoms with Gasteiger partial charge in [-0.2, -0.15) is 8.78 Å². The maximum absolute atomic E-state index is 12.5. The summed E-state index contributed by atoms with van der Waals surface area (Å²) < 4.78 is 80.2. The third kappa shape index (κ3) is 9.62. The number of Topliss-reactive ketones (excluding diaryl/α,β-unsaturated/α-hetero) is 1. The van der Waals surface area contributed by atoms with Crippen LogP contribution in [-0.2, 0) is 33.1 Å². The van der Waals surface area contributed by atoms with Crippen molar-refractivity contribution in [2.75, 3.05) is 27.7 Å². The number of ketones is 1. The van der Waals surface area contributed by atoms with Gasteiger partial charge in [-0.25, -0.2) is 36.8 Å². The Kier molecular flexibility index (Phi) is 11.5. The van der Waals surface area contributed by atoms with Gasteiger partial charge in [0, 0.05) is 24.8 Å². The van der Waals surface area contributed by atoms with Crippen molar-refractivity contribution in [3.05, 3.63) is 109 Å². The van der Waals surface area contributed by atoms with E-state index in [9.17, 15) is 30.4 Å². The lowest BCUT2D eigenvalue weighted by atomic mass is 10.2. The van der Waals surface area contributed by atoms with Crippen molar-refractivity contribution in [3.8, 4) is 11.5 Å². The van der Waals surface area contributed by atoms with Crippen molar-refractivity contribution in [1.29, 1.82) is 0 Å². The number of para-hydroxylation sites is 2. The fourth-order valence-electron chi connectivity index (χ4n) is 3.93. The number of halogens is 2.